The molecular formula is C13H25NO3. The molecule has 0 saturated carbocycles. The zero-order chi connectivity index (χ0) is 13.3. The van der Waals surface area contributed by atoms with Crippen molar-refractivity contribution < 1.29 is 14.6 Å². The van der Waals surface area contributed by atoms with E-state index in [1.807, 2.05) is 25.7 Å². The van der Waals surface area contributed by atoms with E-state index in [9.17, 15) is 9.90 Å². The lowest BCUT2D eigenvalue weighted by Crippen LogP contribution is -2.49. The maximum absolute atomic E-state index is 11.9. The van der Waals surface area contributed by atoms with Crippen molar-refractivity contribution in [1.82, 2.24) is 4.90 Å². The highest BCUT2D eigenvalue weighted by atomic mass is 16.6. The molecular weight excluding hydrogens is 218 g/mol. The van der Waals surface area contributed by atoms with Gasteiger partial charge in [0.25, 0.3) is 0 Å². The summed E-state index contributed by atoms with van der Waals surface area (Å²) in [5.74, 6) is -0.124. The predicted molar refractivity (Wildman–Crippen MR) is 66.4 cm³/mol. The Bertz CT molecular complexity index is 267. The van der Waals surface area contributed by atoms with Crippen LogP contribution in [-0.2, 0) is 9.53 Å². The third-order valence-corrected chi connectivity index (χ3v) is 3.01. The highest BCUT2D eigenvalue weighted by Gasteiger charge is 2.33. The summed E-state index contributed by atoms with van der Waals surface area (Å²) in [6.07, 6.45) is 1.53. The van der Waals surface area contributed by atoms with Crippen molar-refractivity contribution in [2.75, 3.05) is 13.1 Å². The van der Waals surface area contributed by atoms with Crippen molar-refractivity contribution in [2.24, 2.45) is 5.92 Å². The smallest absolute Gasteiger partial charge is 0.309 e. The molecule has 1 saturated heterocycles. The number of hydrogen-bond donors (Lipinski definition) is 1. The van der Waals surface area contributed by atoms with Crippen LogP contribution in [-0.4, -0.2) is 40.4 Å². The van der Waals surface area contributed by atoms with Crippen molar-refractivity contribution >= 4 is 5.97 Å². The van der Waals surface area contributed by atoms with Crippen LogP contribution in [0.2, 0.25) is 0 Å². The molecule has 1 rings (SSSR count). The molecule has 0 unspecified atom stereocenters. The Labute approximate surface area is 104 Å². The first kappa shape index (κ1) is 14.5. The van der Waals surface area contributed by atoms with Gasteiger partial charge in [-0.2, -0.15) is 0 Å². The van der Waals surface area contributed by atoms with Gasteiger partial charge in [-0.05, 0) is 47.5 Å². The second-order valence-corrected chi connectivity index (χ2v) is 6.29. The summed E-state index contributed by atoms with van der Waals surface area (Å²) in [4.78, 5) is 13.9. The van der Waals surface area contributed by atoms with Crippen LogP contribution in [0.3, 0.4) is 0 Å². The maximum Gasteiger partial charge on any atom is 0.309 e. The van der Waals surface area contributed by atoms with Crippen LogP contribution in [0.1, 0.15) is 47.5 Å². The largest absolute Gasteiger partial charge is 0.460 e. The Kier molecular flexibility index (Phi) is 4.20. The van der Waals surface area contributed by atoms with Crippen molar-refractivity contribution in [3.05, 3.63) is 0 Å². The highest BCUT2D eigenvalue weighted by molar-refractivity contribution is 5.73. The van der Waals surface area contributed by atoms with Gasteiger partial charge in [-0.1, -0.05) is 0 Å². The molecule has 1 aliphatic rings. The quantitative estimate of drug-likeness (QED) is 0.751. The zero-order valence-electron chi connectivity index (χ0n) is 11.6. The van der Waals surface area contributed by atoms with Gasteiger partial charge in [-0.3, -0.25) is 9.69 Å². The molecule has 17 heavy (non-hydrogen) atoms. The molecule has 0 aromatic heterocycles. The third-order valence-electron chi connectivity index (χ3n) is 3.01. The van der Waals surface area contributed by atoms with E-state index in [2.05, 4.69) is 0 Å². The van der Waals surface area contributed by atoms with Crippen molar-refractivity contribution in [3.8, 4) is 0 Å². The SMILES string of the molecule is CC(C)(C)OC(=O)C1CCN(C(C)(C)O)CC1. The van der Waals surface area contributed by atoms with Crippen LogP contribution in [0.4, 0.5) is 0 Å². The number of carbonyl (C=O) groups excluding carboxylic acids is 1. The van der Waals surface area contributed by atoms with E-state index >= 15 is 0 Å². The number of likely N-dealkylation sites (tertiary alicyclic amines) is 1. The summed E-state index contributed by atoms with van der Waals surface area (Å²) in [6.45, 7) is 10.7. The number of rotatable bonds is 2. The summed E-state index contributed by atoms with van der Waals surface area (Å²) in [5, 5.41) is 9.86. The number of aliphatic hydroxyl groups is 1. The molecule has 1 fully saturated rings. The molecule has 0 amide bonds. The molecule has 1 heterocycles. The first-order valence-electron chi connectivity index (χ1n) is 6.30. The highest BCUT2D eigenvalue weighted by Crippen LogP contribution is 2.24. The first-order chi connectivity index (χ1) is 7.59. The van der Waals surface area contributed by atoms with Crippen LogP contribution in [0, 0.1) is 5.92 Å². The van der Waals surface area contributed by atoms with Gasteiger partial charge in [0.05, 0.1) is 5.92 Å². The molecule has 0 bridgehead atoms. The van der Waals surface area contributed by atoms with E-state index in [1.54, 1.807) is 13.8 Å². The average Bonchev–Trinajstić information content (AvgIpc) is 2.14. The number of nitrogens with zero attached hydrogens (tertiary/aromatic N) is 1. The van der Waals surface area contributed by atoms with E-state index in [0.29, 0.717) is 0 Å². The topological polar surface area (TPSA) is 49.8 Å². The Hall–Kier alpha value is -0.610. The Morgan fingerprint density at radius 2 is 1.65 bits per heavy atom. The summed E-state index contributed by atoms with van der Waals surface area (Å²) in [6, 6.07) is 0. The van der Waals surface area contributed by atoms with E-state index in [-0.39, 0.29) is 11.9 Å². The normalized spacial score (nSPS) is 20.4. The van der Waals surface area contributed by atoms with E-state index in [4.69, 9.17) is 4.74 Å². The number of piperidine rings is 1. The minimum Gasteiger partial charge on any atom is -0.460 e. The number of carbonyl (C=O) groups is 1. The van der Waals surface area contributed by atoms with E-state index in [0.717, 1.165) is 25.9 Å². The standard InChI is InChI=1S/C13H25NO3/c1-12(2,3)17-11(15)10-6-8-14(9-7-10)13(4,5)16/h10,16H,6-9H2,1-5H3. The van der Waals surface area contributed by atoms with Gasteiger partial charge in [0.2, 0.25) is 0 Å². The van der Waals surface area contributed by atoms with Gasteiger partial charge >= 0.3 is 5.97 Å². The second-order valence-electron chi connectivity index (χ2n) is 6.29. The Morgan fingerprint density at radius 3 is 2.00 bits per heavy atom. The molecule has 1 N–H and O–H groups in total. The molecule has 0 aliphatic carbocycles. The number of ether oxygens (including phenoxy) is 1. The van der Waals surface area contributed by atoms with Gasteiger partial charge in [-0.15, -0.1) is 0 Å². The first-order valence-corrected chi connectivity index (χ1v) is 6.30. The maximum atomic E-state index is 11.9. The van der Waals surface area contributed by atoms with Gasteiger partial charge in [-0.25, -0.2) is 0 Å². The van der Waals surface area contributed by atoms with Crippen LogP contribution >= 0.6 is 0 Å². The third kappa shape index (κ3) is 4.64. The molecule has 0 spiro atoms. The lowest BCUT2D eigenvalue weighted by molar-refractivity contribution is -0.164. The van der Waals surface area contributed by atoms with Crippen LogP contribution in [0.15, 0.2) is 0 Å². The lowest BCUT2D eigenvalue weighted by Gasteiger charge is -2.39. The molecule has 1 aliphatic heterocycles. The summed E-state index contributed by atoms with van der Waals surface area (Å²) < 4.78 is 5.38. The molecule has 100 valence electrons. The fourth-order valence-electron chi connectivity index (χ4n) is 2.05. The monoisotopic (exact) mass is 243 g/mol. The van der Waals surface area contributed by atoms with Gasteiger partial charge in [0.15, 0.2) is 0 Å². The Morgan fingerprint density at radius 1 is 1.18 bits per heavy atom. The molecule has 0 radical (unpaired) electrons. The molecule has 0 aromatic rings. The number of esters is 1. The molecule has 0 atom stereocenters. The molecule has 4 heteroatoms. The predicted octanol–water partition coefficient (Wildman–Crippen LogP) is 1.77. The van der Waals surface area contributed by atoms with E-state index < -0.39 is 11.3 Å². The van der Waals surface area contributed by atoms with Crippen molar-refractivity contribution in [2.45, 2.75) is 58.8 Å². The lowest BCUT2D eigenvalue weighted by atomic mass is 9.95. The van der Waals surface area contributed by atoms with Crippen LogP contribution in [0.5, 0.6) is 0 Å². The fourth-order valence-corrected chi connectivity index (χ4v) is 2.05. The van der Waals surface area contributed by atoms with Gasteiger partial charge < -0.3 is 9.84 Å². The number of hydrogen-bond acceptors (Lipinski definition) is 4. The van der Waals surface area contributed by atoms with Gasteiger partial charge in [0.1, 0.15) is 11.3 Å². The summed E-state index contributed by atoms with van der Waals surface area (Å²) >= 11 is 0. The van der Waals surface area contributed by atoms with Crippen molar-refractivity contribution in [1.29, 1.82) is 0 Å². The van der Waals surface area contributed by atoms with Crippen LogP contribution < -0.4 is 0 Å². The second kappa shape index (κ2) is 4.94. The average molecular weight is 243 g/mol. The van der Waals surface area contributed by atoms with Crippen LogP contribution in [0.25, 0.3) is 0 Å². The van der Waals surface area contributed by atoms with Gasteiger partial charge in [0, 0.05) is 13.1 Å². The summed E-state index contributed by atoms with van der Waals surface area (Å²) in [7, 11) is 0. The minimum atomic E-state index is -0.793. The Balaban J connectivity index is 2.45. The molecule has 0 aromatic carbocycles. The van der Waals surface area contributed by atoms with Crippen molar-refractivity contribution in [3.63, 3.8) is 0 Å². The zero-order valence-corrected chi connectivity index (χ0v) is 11.6. The fraction of sp³-hybridized carbons (Fsp3) is 0.923. The van der Waals surface area contributed by atoms with E-state index in [1.165, 1.54) is 0 Å². The minimum absolute atomic E-state index is 0.0205. The molecule has 4 nitrogen and oxygen atoms in total. The summed E-state index contributed by atoms with van der Waals surface area (Å²) in [5.41, 5.74) is -1.20.